The SMILES string of the molecule is CC(C)N1CCC(C#N)(N2CCCNCC2)C1. The van der Waals surface area contributed by atoms with E-state index in [-0.39, 0.29) is 5.54 Å². The van der Waals surface area contributed by atoms with Crippen molar-refractivity contribution in [3.05, 3.63) is 0 Å². The summed E-state index contributed by atoms with van der Waals surface area (Å²) < 4.78 is 0. The third-order valence-corrected chi connectivity index (χ3v) is 4.16. The molecule has 4 heteroatoms. The van der Waals surface area contributed by atoms with Gasteiger partial charge in [0.15, 0.2) is 0 Å². The van der Waals surface area contributed by atoms with Gasteiger partial charge < -0.3 is 5.32 Å². The largest absolute Gasteiger partial charge is 0.315 e. The third kappa shape index (κ3) is 2.62. The highest BCUT2D eigenvalue weighted by atomic mass is 15.3. The van der Waals surface area contributed by atoms with Crippen LogP contribution in [-0.2, 0) is 0 Å². The number of rotatable bonds is 2. The summed E-state index contributed by atoms with van der Waals surface area (Å²) in [7, 11) is 0. The molecule has 4 nitrogen and oxygen atoms in total. The van der Waals surface area contributed by atoms with Gasteiger partial charge in [0.2, 0.25) is 0 Å². The average molecular weight is 236 g/mol. The lowest BCUT2D eigenvalue weighted by atomic mass is 9.97. The first-order valence-electron chi connectivity index (χ1n) is 6.79. The fourth-order valence-electron chi connectivity index (χ4n) is 2.96. The number of nitrogens with one attached hydrogen (secondary N) is 1. The van der Waals surface area contributed by atoms with Gasteiger partial charge in [0, 0.05) is 38.8 Å². The summed E-state index contributed by atoms with van der Waals surface area (Å²) in [5, 5.41) is 13.0. The highest BCUT2D eigenvalue weighted by molar-refractivity contribution is 5.14. The van der Waals surface area contributed by atoms with Crippen LogP contribution in [0, 0.1) is 11.3 Å². The maximum Gasteiger partial charge on any atom is 0.123 e. The van der Waals surface area contributed by atoms with Crippen molar-refractivity contribution in [1.82, 2.24) is 15.1 Å². The van der Waals surface area contributed by atoms with Gasteiger partial charge in [-0.3, -0.25) is 9.80 Å². The van der Waals surface area contributed by atoms with E-state index in [1.165, 1.54) is 0 Å². The standard InChI is InChI=1S/C13H24N4/c1-12(2)16-8-4-13(10-14,11-16)17-7-3-5-15-6-9-17/h12,15H,3-9,11H2,1-2H3. The Morgan fingerprint density at radius 1 is 1.24 bits per heavy atom. The number of likely N-dealkylation sites (tertiary alicyclic amines) is 1. The van der Waals surface area contributed by atoms with Crippen LogP contribution in [0.4, 0.5) is 0 Å². The molecule has 2 aliphatic heterocycles. The molecular formula is C13H24N4. The molecule has 2 saturated heterocycles. The van der Waals surface area contributed by atoms with Crippen molar-refractivity contribution in [2.24, 2.45) is 0 Å². The molecule has 1 N–H and O–H groups in total. The average Bonchev–Trinajstić information content (AvgIpc) is 2.59. The highest BCUT2D eigenvalue weighted by Crippen LogP contribution is 2.29. The van der Waals surface area contributed by atoms with E-state index in [1.54, 1.807) is 0 Å². The van der Waals surface area contributed by atoms with Crippen molar-refractivity contribution in [3.8, 4) is 6.07 Å². The monoisotopic (exact) mass is 236 g/mol. The second kappa shape index (κ2) is 5.34. The Kier molecular flexibility index (Phi) is 4.03. The zero-order valence-corrected chi connectivity index (χ0v) is 11.1. The Bertz CT molecular complexity index is 288. The lowest BCUT2D eigenvalue weighted by molar-refractivity contribution is 0.141. The summed E-state index contributed by atoms with van der Waals surface area (Å²) in [6.45, 7) is 10.6. The summed E-state index contributed by atoms with van der Waals surface area (Å²) in [5.74, 6) is 0. The molecule has 0 aliphatic carbocycles. The van der Waals surface area contributed by atoms with Crippen LogP contribution in [0.15, 0.2) is 0 Å². The van der Waals surface area contributed by atoms with Crippen molar-refractivity contribution in [3.63, 3.8) is 0 Å². The zero-order chi connectivity index (χ0) is 12.3. The summed E-state index contributed by atoms with van der Waals surface area (Å²) >= 11 is 0. The summed E-state index contributed by atoms with van der Waals surface area (Å²) in [6, 6.07) is 3.17. The van der Waals surface area contributed by atoms with Crippen molar-refractivity contribution in [2.45, 2.75) is 38.3 Å². The summed E-state index contributed by atoms with van der Waals surface area (Å²) in [5.41, 5.74) is -0.226. The van der Waals surface area contributed by atoms with E-state index in [0.29, 0.717) is 6.04 Å². The Labute approximate surface area is 105 Å². The van der Waals surface area contributed by atoms with Gasteiger partial charge in [-0.2, -0.15) is 5.26 Å². The van der Waals surface area contributed by atoms with E-state index in [4.69, 9.17) is 0 Å². The van der Waals surface area contributed by atoms with Crippen LogP contribution in [0.2, 0.25) is 0 Å². The minimum absolute atomic E-state index is 0.226. The van der Waals surface area contributed by atoms with Gasteiger partial charge in [0.25, 0.3) is 0 Å². The summed E-state index contributed by atoms with van der Waals surface area (Å²) in [6.07, 6.45) is 2.16. The number of hydrogen-bond donors (Lipinski definition) is 1. The van der Waals surface area contributed by atoms with Gasteiger partial charge in [-0.1, -0.05) is 0 Å². The van der Waals surface area contributed by atoms with Crippen molar-refractivity contribution in [2.75, 3.05) is 39.3 Å². The Morgan fingerprint density at radius 3 is 2.71 bits per heavy atom. The first kappa shape index (κ1) is 12.8. The highest BCUT2D eigenvalue weighted by Gasteiger charge is 2.43. The van der Waals surface area contributed by atoms with E-state index in [9.17, 15) is 5.26 Å². The smallest absolute Gasteiger partial charge is 0.123 e. The Hall–Kier alpha value is -0.630. The Morgan fingerprint density at radius 2 is 2.06 bits per heavy atom. The van der Waals surface area contributed by atoms with Crippen LogP contribution < -0.4 is 5.32 Å². The lowest BCUT2D eigenvalue weighted by Gasteiger charge is -2.35. The van der Waals surface area contributed by atoms with Gasteiger partial charge >= 0.3 is 0 Å². The number of hydrogen-bond acceptors (Lipinski definition) is 4. The zero-order valence-electron chi connectivity index (χ0n) is 11.1. The van der Waals surface area contributed by atoms with Crippen LogP contribution in [-0.4, -0.2) is 60.6 Å². The Balaban J connectivity index is 2.07. The molecule has 0 radical (unpaired) electrons. The molecule has 0 aromatic rings. The predicted molar refractivity (Wildman–Crippen MR) is 68.7 cm³/mol. The van der Waals surface area contributed by atoms with E-state index in [0.717, 1.165) is 52.1 Å². The van der Waals surface area contributed by atoms with Crippen LogP contribution in [0.1, 0.15) is 26.7 Å². The molecule has 1 atom stereocenters. The molecule has 1 unspecified atom stereocenters. The molecule has 2 aliphatic rings. The van der Waals surface area contributed by atoms with Crippen molar-refractivity contribution >= 4 is 0 Å². The van der Waals surface area contributed by atoms with Gasteiger partial charge in [-0.25, -0.2) is 0 Å². The lowest BCUT2D eigenvalue weighted by Crippen LogP contribution is -2.51. The molecule has 0 bridgehead atoms. The predicted octanol–water partition coefficient (Wildman–Crippen LogP) is 0.658. The van der Waals surface area contributed by atoms with Crippen LogP contribution >= 0.6 is 0 Å². The maximum atomic E-state index is 9.62. The molecule has 2 fully saturated rings. The van der Waals surface area contributed by atoms with Crippen molar-refractivity contribution < 1.29 is 0 Å². The van der Waals surface area contributed by atoms with Gasteiger partial charge in [-0.15, -0.1) is 0 Å². The minimum Gasteiger partial charge on any atom is -0.315 e. The molecule has 0 amide bonds. The third-order valence-electron chi connectivity index (χ3n) is 4.16. The first-order chi connectivity index (χ1) is 8.18. The summed E-state index contributed by atoms with van der Waals surface area (Å²) in [4.78, 5) is 4.84. The minimum atomic E-state index is -0.226. The molecule has 0 aromatic heterocycles. The second-order valence-electron chi connectivity index (χ2n) is 5.55. The van der Waals surface area contributed by atoms with E-state index in [1.807, 2.05) is 0 Å². The fraction of sp³-hybridized carbons (Fsp3) is 0.923. The van der Waals surface area contributed by atoms with Crippen molar-refractivity contribution in [1.29, 1.82) is 5.26 Å². The molecule has 17 heavy (non-hydrogen) atoms. The van der Waals surface area contributed by atoms with E-state index < -0.39 is 0 Å². The molecule has 2 heterocycles. The van der Waals surface area contributed by atoms with E-state index >= 15 is 0 Å². The molecule has 0 saturated carbocycles. The van der Waals surface area contributed by atoms with Gasteiger partial charge in [-0.05, 0) is 33.2 Å². The van der Waals surface area contributed by atoms with Gasteiger partial charge in [0.05, 0.1) is 6.07 Å². The topological polar surface area (TPSA) is 42.3 Å². The fourth-order valence-corrected chi connectivity index (χ4v) is 2.96. The first-order valence-corrected chi connectivity index (χ1v) is 6.79. The molecule has 0 spiro atoms. The van der Waals surface area contributed by atoms with Crippen LogP contribution in [0.25, 0.3) is 0 Å². The van der Waals surface area contributed by atoms with Crippen LogP contribution in [0.3, 0.4) is 0 Å². The normalized spacial score (nSPS) is 32.6. The van der Waals surface area contributed by atoms with Crippen LogP contribution in [0.5, 0.6) is 0 Å². The number of nitriles is 1. The quantitative estimate of drug-likeness (QED) is 0.765. The van der Waals surface area contributed by atoms with Gasteiger partial charge in [0.1, 0.15) is 5.54 Å². The van der Waals surface area contributed by atoms with E-state index in [2.05, 4.69) is 35.0 Å². The molecule has 0 aromatic carbocycles. The maximum absolute atomic E-state index is 9.62. The molecule has 96 valence electrons. The second-order valence-corrected chi connectivity index (χ2v) is 5.55. The molecule has 2 rings (SSSR count). The molecular weight excluding hydrogens is 212 g/mol. The number of nitrogens with zero attached hydrogens (tertiary/aromatic N) is 3.